The smallest absolute Gasteiger partial charge is 0.135 e. The second kappa shape index (κ2) is 9.08. The molecule has 0 saturated heterocycles. The number of allylic oxidation sites excluding steroid dienone is 1. The average Bonchev–Trinajstić information content (AvgIpc) is 3.55. The minimum absolute atomic E-state index is 0.0115. The van der Waals surface area contributed by atoms with Crippen LogP contribution < -0.4 is 5.32 Å². The number of nitrogens with one attached hydrogen (secondary N) is 2. The molecule has 0 unspecified atom stereocenters. The third-order valence-electron chi connectivity index (χ3n) is 9.07. The lowest BCUT2D eigenvalue weighted by atomic mass is 9.66. The zero-order valence-corrected chi connectivity index (χ0v) is 21.4. The van der Waals surface area contributed by atoms with E-state index in [0.29, 0.717) is 12.8 Å². The number of halogens is 1. The molecule has 0 aliphatic heterocycles. The molecule has 35 heavy (non-hydrogen) atoms. The first kappa shape index (κ1) is 24.0. The Labute approximate surface area is 210 Å². The fourth-order valence-corrected chi connectivity index (χ4v) is 6.28. The summed E-state index contributed by atoms with van der Waals surface area (Å²) in [5.41, 5.74) is 6.98. The minimum Gasteiger partial charge on any atom is -0.378 e. The van der Waals surface area contributed by atoms with Gasteiger partial charge in [-0.15, -0.1) is 0 Å². The van der Waals surface area contributed by atoms with Gasteiger partial charge in [0.1, 0.15) is 5.67 Å². The van der Waals surface area contributed by atoms with Crippen molar-refractivity contribution in [1.82, 2.24) is 5.32 Å². The van der Waals surface area contributed by atoms with E-state index in [-0.39, 0.29) is 11.0 Å². The first-order valence-electron chi connectivity index (χ1n) is 13.5. The highest BCUT2D eigenvalue weighted by Gasteiger charge is 2.46. The van der Waals surface area contributed by atoms with Crippen molar-refractivity contribution in [2.24, 2.45) is 5.41 Å². The van der Waals surface area contributed by atoms with Crippen LogP contribution in [-0.4, -0.2) is 11.8 Å². The lowest BCUT2D eigenvalue weighted by molar-refractivity contribution is 0.152. The van der Waals surface area contributed by atoms with Crippen LogP contribution in [0.3, 0.4) is 0 Å². The molecule has 184 valence electrons. The summed E-state index contributed by atoms with van der Waals surface area (Å²) >= 11 is 0. The van der Waals surface area contributed by atoms with Crippen LogP contribution in [0.25, 0.3) is 17.2 Å². The predicted octanol–water partition coefficient (Wildman–Crippen LogP) is 8.51. The van der Waals surface area contributed by atoms with Gasteiger partial charge in [0, 0.05) is 17.3 Å². The molecule has 0 radical (unpaired) electrons. The van der Waals surface area contributed by atoms with Crippen molar-refractivity contribution in [1.29, 1.82) is 5.41 Å². The van der Waals surface area contributed by atoms with E-state index in [0.717, 1.165) is 48.9 Å². The molecular weight excluding hydrogens is 431 g/mol. The molecule has 2 nitrogen and oxygen atoms in total. The molecule has 0 atom stereocenters. The highest BCUT2D eigenvalue weighted by molar-refractivity contribution is 5.74. The monoisotopic (exact) mass is 470 g/mol. The molecule has 0 spiro atoms. The number of fused-ring (bicyclic) bond motifs is 1. The van der Waals surface area contributed by atoms with E-state index in [1.54, 1.807) is 6.21 Å². The standard InChI is InChI=1S/C32H39FN2/c1-4-32(33,5-2)28-13-11-24(12-14-28)25-9-10-26-20-29(21-27(26)19-25)31(15-7-6-8-16-31)23(3)35-30(22-34)17-18-30/h9-14,19-20,22,34-35H,3-8,15-18,21H2,1-2H3. The van der Waals surface area contributed by atoms with Crippen molar-refractivity contribution in [2.45, 2.75) is 89.3 Å². The van der Waals surface area contributed by atoms with Gasteiger partial charge in [-0.05, 0) is 72.8 Å². The fraction of sp³-hybridized carbons (Fsp3) is 0.469. The molecule has 2 fully saturated rings. The number of hydrogen-bond acceptors (Lipinski definition) is 2. The van der Waals surface area contributed by atoms with Crippen molar-refractivity contribution in [3.63, 3.8) is 0 Å². The second-order valence-corrected chi connectivity index (χ2v) is 11.1. The van der Waals surface area contributed by atoms with Gasteiger partial charge in [-0.1, -0.05) is 93.8 Å². The summed E-state index contributed by atoms with van der Waals surface area (Å²) in [7, 11) is 0. The van der Waals surface area contributed by atoms with Gasteiger partial charge < -0.3 is 10.7 Å². The quantitative estimate of drug-likeness (QED) is 0.354. The first-order valence-corrected chi connectivity index (χ1v) is 13.5. The van der Waals surface area contributed by atoms with Crippen LogP contribution in [0.5, 0.6) is 0 Å². The van der Waals surface area contributed by atoms with Crippen LogP contribution in [0.1, 0.15) is 88.3 Å². The summed E-state index contributed by atoms with van der Waals surface area (Å²) in [6.07, 6.45) is 14.0. The molecule has 0 aromatic heterocycles. The third-order valence-corrected chi connectivity index (χ3v) is 9.07. The van der Waals surface area contributed by atoms with Crippen molar-refractivity contribution >= 4 is 12.3 Å². The van der Waals surface area contributed by atoms with Gasteiger partial charge in [0.15, 0.2) is 0 Å². The minimum atomic E-state index is -1.24. The summed E-state index contributed by atoms with van der Waals surface area (Å²) in [5.74, 6) is 0. The fourth-order valence-electron chi connectivity index (χ4n) is 6.28. The maximum atomic E-state index is 15.1. The largest absolute Gasteiger partial charge is 0.378 e. The van der Waals surface area contributed by atoms with E-state index in [1.165, 1.54) is 41.5 Å². The third kappa shape index (κ3) is 4.28. The van der Waals surface area contributed by atoms with E-state index >= 15 is 4.39 Å². The zero-order valence-electron chi connectivity index (χ0n) is 21.4. The maximum absolute atomic E-state index is 15.1. The Morgan fingerprint density at radius 2 is 1.66 bits per heavy atom. The van der Waals surface area contributed by atoms with Crippen molar-refractivity contribution in [3.8, 4) is 11.1 Å². The Morgan fingerprint density at radius 1 is 1.00 bits per heavy atom. The van der Waals surface area contributed by atoms with E-state index in [9.17, 15) is 0 Å². The molecule has 0 bridgehead atoms. The normalized spacial score (nSPS) is 20.0. The van der Waals surface area contributed by atoms with Gasteiger partial charge in [0.05, 0.1) is 5.54 Å². The highest BCUT2D eigenvalue weighted by Crippen LogP contribution is 2.52. The van der Waals surface area contributed by atoms with Crippen LogP contribution >= 0.6 is 0 Å². The van der Waals surface area contributed by atoms with Gasteiger partial charge in [-0.3, -0.25) is 0 Å². The molecule has 3 aliphatic carbocycles. The predicted molar refractivity (Wildman–Crippen MR) is 145 cm³/mol. The number of rotatable bonds is 9. The molecule has 2 aromatic carbocycles. The Bertz CT molecular complexity index is 1140. The second-order valence-electron chi connectivity index (χ2n) is 11.1. The van der Waals surface area contributed by atoms with Crippen molar-refractivity contribution in [2.75, 3.05) is 0 Å². The lowest BCUT2D eigenvalue weighted by Crippen LogP contribution is -2.41. The molecule has 0 heterocycles. The van der Waals surface area contributed by atoms with E-state index in [2.05, 4.69) is 48.3 Å². The van der Waals surface area contributed by atoms with Crippen LogP contribution in [0.15, 0.2) is 60.3 Å². The molecule has 0 amide bonds. The van der Waals surface area contributed by atoms with Gasteiger partial charge in [0.25, 0.3) is 0 Å². The highest BCUT2D eigenvalue weighted by atomic mass is 19.1. The van der Waals surface area contributed by atoms with Gasteiger partial charge in [0.2, 0.25) is 0 Å². The number of hydrogen-bond donors (Lipinski definition) is 2. The summed E-state index contributed by atoms with van der Waals surface area (Å²) < 4.78 is 15.1. The Balaban J connectivity index is 1.39. The molecule has 3 aliphatic rings. The van der Waals surface area contributed by atoms with Gasteiger partial charge in [-0.25, -0.2) is 4.39 Å². The van der Waals surface area contributed by atoms with Crippen molar-refractivity contribution in [3.05, 3.63) is 77.0 Å². The van der Waals surface area contributed by atoms with Crippen LogP contribution in [-0.2, 0) is 12.1 Å². The van der Waals surface area contributed by atoms with Gasteiger partial charge >= 0.3 is 0 Å². The van der Waals surface area contributed by atoms with E-state index < -0.39 is 5.67 Å². The maximum Gasteiger partial charge on any atom is 0.135 e. The van der Waals surface area contributed by atoms with Crippen LogP contribution in [0, 0.1) is 10.8 Å². The molecule has 2 N–H and O–H groups in total. The topological polar surface area (TPSA) is 35.9 Å². The number of benzene rings is 2. The average molecular weight is 471 g/mol. The molecule has 5 rings (SSSR count). The SMILES string of the molecule is C=C(NC1(C=N)CC1)C1(C2=Cc3ccc(-c4ccc(C(F)(CC)CC)cc4)cc3C2)CCCCC1. The Kier molecular flexibility index (Phi) is 6.23. The van der Waals surface area contributed by atoms with Gasteiger partial charge in [-0.2, -0.15) is 0 Å². The van der Waals surface area contributed by atoms with Crippen molar-refractivity contribution < 1.29 is 4.39 Å². The van der Waals surface area contributed by atoms with E-state index in [1.807, 2.05) is 26.0 Å². The first-order chi connectivity index (χ1) is 16.9. The van der Waals surface area contributed by atoms with E-state index in [4.69, 9.17) is 5.41 Å². The molecule has 3 heteroatoms. The van der Waals surface area contributed by atoms with Crippen LogP contribution in [0.2, 0.25) is 0 Å². The molecular formula is C32H39FN2. The zero-order chi connectivity index (χ0) is 24.7. The lowest BCUT2D eigenvalue weighted by Gasteiger charge is -2.42. The Morgan fingerprint density at radius 3 is 2.26 bits per heavy atom. The molecule has 2 aromatic rings. The molecule has 2 saturated carbocycles. The summed E-state index contributed by atoms with van der Waals surface area (Å²) in [5, 5.41) is 11.6. The number of alkyl halides is 1. The Hall–Kier alpha value is -2.68. The van der Waals surface area contributed by atoms with Crippen LogP contribution in [0.4, 0.5) is 4.39 Å². The summed E-state index contributed by atoms with van der Waals surface area (Å²) in [6.45, 7) is 8.39. The summed E-state index contributed by atoms with van der Waals surface area (Å²) in [4.78, 5) is 0. The summed E-state index contributed by atoms with van der Waals surface area (Å²) in [6, 6.07) is 14.8.